The van der Waals surface area contributed by atoms with E-state index < -0.39 is 0 Å². The van der Waals surface area contributed by atoms with E-state index in [2.05, 4.69) is 37.0 Å². The molecule has 1 fully saturated rings. The summed E-state index contributed by atoms with van der Waals surface area (Å²) >= 11 is 0. The summed E-state index contributed by atoms with van der Waals surface area (Å²) in [6, 6.07) is 6.74. The number of H-pyrrole nitrogens is 1. The molecule has 3 N–H and O–H groups in total. The van der Waals surface area contributed by atoms with Crippen LogP contribution in [0.1, 0.15) is 48.9 Å². The summed E-state index contributed by atoms with van der Waals surface area (Å²) in [5, 5.41) is 1.38. The van der Waals surface area contributed by atoms with Crippen molar-refractivity contribution in [1.29, 1.82) is 0 Å². The predicted molar refractivity (Wildman–Crippen MR) is 81.6 cm³/mol. The van der Waals surface area contributed by atoms with Crippen LogP contribution in [0.2, 0.25) is 0 Å². The largest absolute Gasteiger partial charge is 0.358 e. The summed E-state index contributed by atoms with van der Waals surface area (Å²) < 4.78 is 0. The van der Waals surface area contributed by atoms with Crippen molar-refractivity contribution in [2.24, 2.45) is 5.73 Å². The third-order valence-electron chi connectivity index (χ3n) is 4.87. The second-order valence-electron chi connectivity index (χ2n) is 6.22. The summed E-state index contributed by atoms with van der Waals surface area (Å²) in [5.41, 5.74) is 11.8. The van der Waals surface area contributed by atoms with Gasteiger partial charge in [-0.15, -0.1) is 0 Å². The molecule has 2 nitrogen and oxygen atoms in total. The van der Waals surface area contributed by atoms with E-state index in [0.29, 0.717) is 0 Å². The van der Waals surface area contributed by atoms with Crippen LogP contribution in [-0.4, -0.2) is 11.5 Å². The van der Waals surface area contributed by atoms with Gasteiger partial charge in [0.2, 0.25) is 0 Å². The van der Waals surface area contributed by atoms with E-state index in [0.717, 1.165) is 6.54 Å². The smallest absolute Gasteiger partial charge is 0.0461 e. The van der Waals surface area contributed by atoms with Crippen molar-refractivity contribution in [2.45, 2.75) is 51.4 Å². The topological polar surface area (TPSA) is 41.8 Å². The first kappa shape index (κ1) is 12.7. The second kappa shape index (κ2) is 4.68. The van der Waals surface area contributed by atoms with E-state index in [1.54, 1.807) is 0 Å². The molecular formula is C17H24N2. The Balaban J connectivity index is 2.20. The van der Waals surface area contributed by atoms with Crippen LogP contribution in [0.15, 0.2) is 18.2 Å². The Kier molecular flexibility index (Phi) is 3.14. The number of hydrogen-bond donors (Lipinski definition) is 2. The fraction of sp³-hybridized carbons (Fsp3) is 0.529. The maximum absolute atomic E-state index is 6.21. The molecule has 1 aliphatic carbocycles. The van der Waals surface area contributed by atoms with Crippen molar-refractivity contribution >= 4 is 10.9 Å². The lowest BCUT2D eigenvalue weighted by atomic mass is 9.68. The Morgan fingerprint density at radius 1 is 1.16 bits per heavy atom. The van der Waals surface area contributed by atoms with Crippen LogP contribution < -0.4 is 5.73 Å². The number of nitrogens with one attached hydrogen (secondary N) is 1. The first-order valence-electron chi connectivity index (χ1n) is 7.46. The van der Waals surface area contributed by atoms with Crippen LogP contribution in [0.5, 0.6) is 0 Å². The molecule has 1 saturated carbocycles. The number of fused-ring (bicyclic) bond motifs is 1. The van der Waals surface area contributed by atoms with E-state index in [1.807, 2.05) is 0 Å². The number of benzene rings is 1. The summed E-state index contributed by atoms with van der Waals surface area (Å²) in [6.45, 7) is 5.12. The molecule has 0 saturated heterocycles. The number of rotatable bonds is 2. The SMILES string of the molecule is Cc1ccc2c(C3(CN)CCCCC3)c(C)[nH]c2c1. The molecule has 0 amide bonds. The molecule has 0 bridgehead atoms. The predicted octanol–water partition coefficient (Wildman–Crippen LogP) is 3.95. The first-order valence-corrected chi connectivity index (χ1v) is 7.46. The second-order valence-corrected chi connectivity index (χ2v) is 6.22. The first-order chi connectivity index (χ1) is 9.16. The zero-order valence-corrected chi connectivity index (χ0v) is 12.1. The molecule has 3 rings (SSSR count). The molecule has 19 heavy (non-hydrogen) atoms. The lowest BCUT2D eigenvalue weighted by Crippen LogP contribution is -2.37. The molecule has 0 aliphatic heterocycles. The Morgan fingerprint density at radius 2 is 1.89 bits per heavy atom. The van der Waals surface area contributed by atoms with Crippen molar-refractivity contribution in [3.05, 3.63) is 35.0 Å². The van der Waals surface area contributed by atoms with Gasteiger partial charge in [0.25, 0.3) is 0 Å². The summed E-state index contributed by atoms with van der Waals surface area (Å²) in [5.74, 6) is 0. The zero-order valence-electron chi connectivity index (χ0n) is 12.1. The molecule has 0 unspecified atom stereocenters. The van der Waals surface area contributed by atoms with Crippen LogP contribution in [0, 0.1) is 13.8 Å². The molecule has 102 valence electrons. The number of hydrogen-bond acceptors (Lipinski definition) is 1. The van der Waals surface area contributed by atoms with Crippen molar-refractivity contribution < 1.29 is 0 Å². The highest BCUT2D eigenvalue weighted by Crippen LogP contribution is 2.43. The Bertz CT molecular complexity index is 589. The minimum Gasteiger partial charge on any atom is -0.358 e. The minimum atomic E-state index is 0.204. The molecular weight excluding hydrogens is 232 g/mol. The van der Waals surface area contributed by atoms with E-state index in [4.69, 9.17) is 5.73 Å². The quantitative estimate of drug-likeness (QED) is 0.839. The molecule has 0 radical (unpaired) electrons. The highest BCUT2D eigenvalue weighted by atomic mass is 14.7. The molecule has 2 aromatic rings. The number of aryl methyl sites for hydroxylation is 2. The van der Waals surface area contributed by atoms with Gasteiger partial charge >= 0.3 is 0 Å². The Morgan fingerprint density at radius 3 is 2.58 bits per heavy atom. The third kappa shape index (κ3) is 1.99. The molecule has 1 aromatic carbocycles. The van der Waals surface area contributed by atoms with Gasteiger partial charge in [0, 0.05) is 28.6 Å². The Labute approximate surface area is 115 Å². The zero-order chi connectivity index (χ0) is 13.5. The summed E-state index contributed by atoms with van der Waals surface area (Å²) in [4.78, 5) is 3.57. The van der Waals surface area contributed by atoms with Crippen LogP contribution in [0.3, 0.4) is 0 Å². The van der Waals surface area contributed by atoms with E-state index in [9.17, 15) is 0 Å². The number of nitrogens with two attached hydrogens (primary N) is 1. The maximum Gasteiger partial charge on any atom is 0.0461 e. The standard InChI is InChI=1S/C17H24N2/c1-12-6-7-14-15(10-12)19-13(2)16(14)17(11-18)8-4-3-5-9-17/h6-7,10,19H,3-5,8-9,11,18H2,1-2H3. The molecule has 2 heteroatoms. The minimum absolute atomic E-state index is 0.204. The van der Waals surface area contributed by atoms with Crippen LogP contribution in [0.4, 0.5) is 0 Å². The van der Waals surface area contributed by atoms with Gasteiger partial charge < -0.3 is 10.7 Å². The van der Waals surface area contributed by atoms with Gasteiger partial charge in [-0.2, -0.15) is 0 Å². The maximum atomic E-state index is 6.21. The van der Waals surface area contributed by atoms with Gasteiger partial charge in [0.15, 0.2) is 0 Å². The van der Waals surface area contributed by atoms with E-state index in [-0.39, 0.29) is 5.41 Å². The fourth-order valence-corrected chi connectivity index (χ4v) is 3.91. The van der Waals surface area contributed by atoms with Gasteiger partial charge in [-0.05, 0) is 43.9 Å². The van der Waals surface area contributed by atoms with Gasteiger partial charge in [-0.1, -0.05) is 31.4 Å². The summed E-state index contributed by atoms with van der Waals surface area (Å²) in [6.07, 6.45) is 6.48. The third-order valence-corrected chi connectivity index (χ3v) is 4.87. The Hall–Kier alpha value is -1.28. The van der Waals surface area contributed by atoms with Gasteiger partial charge in [0.05, 0.1) is 0 Å². The lowest BCUT2D eigenvalue weighted by Gasteiger charge is -2.37. The molecule has 1 heterocycles. The van der Waals surface area contributed by atoms with Crippen molar-refractivity contribution in [3.63, 3.8) is 0 Å². The van der Waals surface area contributed by atoms with Crippen molar-refractivity contribution in [3.8, 4) is 0 Å². The molecule has 0 spiro atoms. The monoisotopic (exact) mass is 256 g/mol. The average Bonchev–Trinajstić information content (AvgIpc) is 2.75. The van der Waals surface area contributed by atoms with E-state index in [1.165, 1.54) is 59.8 Å². The van der Waals surface area contributed by atoms with Crippen LogP contribution >= 0.6 is 0 Å². The molecule has 1 aliphatic rings. The van der Waals surface area contributed by atoms with Crippen LogP contribution in [-0.2, 0) is 5.41 Å². The van der Waals surface area contributed by atoms with Crippen molar-refractivity contribution in [2.75, 3.05) is 6.54 Å². The fourth-order valence-electron chi connectivity index (χ4n) is 3.91. The van der Waals surface area contributed by atoms with Crippen LogP contribution in [0.25, 0.3) is 10.9 Å². The van der Waals surface area contributed by atoms with Gasteiger partial charge in [0.1, 0.15) is 0 Å². The number of aromatic amines is 1. The van der Waals surface area contributed by atoms with Gasteiger partial charge in [-0.3, -0.25) is 0 Å². The molecule has 1 aromatic heterocycles. The number of aromatic nitrogens is 1. The lowest BCUT2D eigenvalue weighted by molar-refractivity contribution is 0.302. The van der Waals surface area contributed by atoms with E-state index >= 15 is 0 Å². The molecule has 0 atom stereocenters. The normalized spacial score (nSPS) is 18.9. The average molecular weight is 256 g/mol. The van der Waals surface area contributed by atoms with Gasteiger partial charge in [-0.25, -0.2) is 0 Å². The highest BCUT2D eigenvalue weighted by Gasteiger charge is 2.35. The van der Waals surface area contributed by atoms with Crippen molar-refractivity contribution in [1.82, 2.24) is 4.98 Å². The highest BCUT2D eigenvalue weighted by molar-refractivity contribution is 5.86. The summed E-state index contributed by atoms with van der Waals surface area (Å²) in [7, 11) is 0.